The number of nitrogens with zero attached hydrogens (tertiary/aromatic N) is 1. The van der Waals surface area contributed by atoms with E-state index in [0.29, 0.717) is 17.0 Å². The lowest BCUT2D eigenvalue weighted by Crippen LogP contribution is -2.37. The third kappa shape index (κ3) is 4.07. The van der Waals surface area contributed by atoms with Crippen molar-refractivity contribution in [3.8, 4) is 0 Å². The Morgan fingerprint density at radius 2 is 2.17 bits per heavy atom. The lowest BCUT2D eigenvalue weighted by Gasteiger charge is -2.16. The summed E-state index contributed by atoms with van der Waals surface area (Å²) < 4.78 is 0. The molecule has 0 saturated carbocycles. The Labute approximate surface area is 113 Å². The highest BCUT2D eigenvalue weighted by molar-refractivity contribution is 7.80. The van der Waals surface area contributed by atoms with Crippen molar-refractivity contribution in [3.63, 3.8) is 0 Å². The molecule has 0 aliphatic rings. The van der Waals surface area contributed by atoms with Crippen LogP contribution >= 0.6 is 12.2 Å². The summed E-state index contributed by atoms with van der Waals surface area (Å²) in [5.41, 5.74) is 7.74. The third-order valence-corrected chi connectivity index (χ3v) is 2.91. The van der Waals surface area contributed by atoms with Gasteiger partial charge in [-0.1, -0.05) is 19.1 Å². The summed E-state index contributed by atoms with van der Waals surface area (Å²) in [6.07, 6.45) is 1.32. The van der Waals surface area contributed by atoms with Gasteiger partial charge >= 0.3 is 0 Å². The molecule has 5 heteroatoms. The number of hydrogen-bond acceptors (Lipinski definition) is 3. The van der Waals surface area contributed by atoms with E-state index in [0.717, 1.165) is 17.8 Å². The van der Waals surface area contributed by atoms with Crippen molar-refractivity contribution < 1.29 is 4.79 Å². The van der Waals surface area contributed by atoms with E-state index in [1.54, 1.807) is 6.07 Å². The predicted molar refractivity (Wildman–Crippen MR) is 76.7 cm³/mol. The fourth-order valence-corrected chi connectivity index (χ4v) is 1.93. The molecule has 0 radical (unpaired) electrons. The molecule has 0 fully saturated rings. The monoisotopic (exact) mass is 265 g/mol. The molecule has 0 saturated heterocycles. The largest absolute Gasteiger partial charge is 0.393 e. The van der Waals surface area contributed by atoms with Crippen LogP contribution in [0.4, 0.5) is 0 Å². The maximum Gasteiger partial charge on any atom is 0.253 e. The number of pyridine rings is 1. The van der Waals surface area contributed by atoms with Crippen LogP contribution in [0.1, 0.15) is 41.5 Å². The van der Waals surface area contributed by atoms with Crippen LogP contribution in [0.5, 0.6) is 0 Å². The van der Waals surface area contributed by atoms with Gasteiger partial charge in [-0.2, -0.15) is 0 Å². The third-order valence-electron chi connectivity index (χ3n) is 2.75. The van der Waals surface area contributed by atoms with Crippen LogP contribution in [-0.2, 0) is 0 Å². The predicted octanol–water partition coefficient (Wildman–Crippen LogP) is 1.88. The van der Waals surface area contributed by atoms with E-state index >= 15 is 0 Å². The number of nitrogens with one attached hydrogen (secondary N) is 1. The zero-order chi connectivity index (χ0) is 13.7. The SMILES string of the molecule is CCC(CC(N)=S)NC(=O)c1ccc(C)nc1C. The van der Waals surface area contributed by atoms with E-state index < -0.39 is 0 Å². The molecule has 1 amide bonds. The Bertz CT molecular complexity index is 460. The molecule has 1 atom stereocenters. The average Bonchev–Trinajstić information content (AvgIpc) is 2.27. The number of amides is 1. The van der Waals surface area contributed by atoms with E-state index in [2.05, 4.69) is 10.3 Å². The summed E-state index contributed by atoms with van der Waals surface area (Å²) in [6, 6.07) is 3.60. The van der Waals surface area contributed by atoms with Gasteiger partial charge in [-0.25, -0.2) is 0 Å². The second-order valence-corrected chi connectivity index (χ2v) is 4.86. The van der Waals surface area contributed by atoms with Crippen molar-refractivity contribution in [1.82, 2.24) is 10.3 Å². The molecule has 98 valence electrons. The standard InChI is InChI=1S/C13H19N3OS/c1-4-10(7-12(14)18)16-13(17)11-6-5-8(2)15-9(11)3/h5-6,10H,4,7H2,1-3H3,(H2,14,18)(H,16,17). The highest BCUT2D eigenvalue weighted by Gasteiger charge is 2.15. The minimum absolute atomic E-state index is 0.0179. The van der Waals surface area contributed by atoms with Gasteiger partial charge < -0.3 is 11.1 Å². The topological polar surface area (TPSA) is 68.0 Å². The molecule has 0 aromatic carbocycles. The van der Waals surface area contributed by atoms with Crippen LogP contribution in [-0.4, -0.2) is 21.9 Å². The van der Waals surface area contributed by atoms with E-state index in [-0.39, 0.29) is 11.9 Å². The normalized spacial score (nSPS) is 11.9. The van der Waals surface area contributed by atoms with Crippen LogP contribution in [0, 0.1) is 13.8 Å². The van der Waals surface area contributed by atoms with Crippen molar-refractivity contribution in [3.05, 3.63) is 29.1 Å². The number of aromatic nitrogens is 1. The zero-order valence-electron chi connectivity index (χ0n) is 11.0. The molecule has 0 aliphatic carbocycles. The summed E-state index contributed by atoms with van der Waals surface area (Å²) in [5.74, 6) is -0.122. The minimum Gasteiger partial charge on any atom is -0.393 e. The summed E-state index contributed by atoms with van der Waals surface area (Å²) in [7, 11) is 0. The van der Waals surface area contributed by atoms with Crippen LogP contribution in [0.2, 0.25) is 0 Å². The maximum atomic E-state index is 12.1. The van der Waals surface area contributed by atoms with Gasteiger partial charge in [0.2, 0.25) is 0 Å². The minimum atomic E-state index is -0.122. The molecule has 1 rings (SSSR count). The van der Waals surface area contributed by atoms with Gasteiger partial charge in [0, 0.05) is 18.2 Å². The lowest BCUT2D eigenvalue weighted by atomic mass is 10.1. The van der Waals surface area contributed by atoms with Gasteiger partial charge in [0.1, 0.15) is 0 Å². The molecular weight excluding hydrogens is 246 g/mol. The number of thiocarbonyl (C=S) groups is 1. The van der Waals surface area contributed by atoms with E-state index in [9.17, 15) is 4.79 Å². The Balaban J connectivity index is 2.77. The Hall–Kier alpha value is -1.49. The maximum absolute atomic E-state index is 12.1. The number of carbonyl (C=O) groups excluding carboxylic acids is 1. The molecule has 1 aromatic heterocycles. The molecular formula is C13H19N3OS. The lowest BCUT2D eigenvalue weighted by molar-refractivity contribution is 0.0936. The first-order chi connectivity index (χ1) is 8.43. The number of hydrogen-bond donors (Lipinski definition) is 2. The first kappa shape index (κ1) is 14.6. The highest BCUT2D eigenvalue weighted by Crippen LogP contribution is 2.08. The van der Waals surface area contributed by atoms with Gasteiger partial charge in [-0.15, -0.1) is 0 Å². The number of rotatable bonds is 5. The molecule has 1 heterocycles. The molecule has 0 bridgehead atoms. The molecule has 0 spiro atoms. The molecule has 1 aromatic rings. The zero-order valence-corrected chi connectivity index (χ0v) is 11.8. The second kappa shape index (κ2) is 6.44. The van der Waals surface area contributed by atoms with Crippen molar-refractivity contribution in [2.75, 3.05) is 0 Å². The van der Waals surface area contributed by atoms with E-state index in [1.165, 1.54) is 0 Å². The quantitative estimate of drug-likeness (QED) is 0.798. The molecule has 1 unspecified atom stereocenters. The smallest absolute Gasteiger partial charge is 0.253 e. The number of carbonyl (C=O) groups is 1. The van der Waals surface area contributed by atoms with Crippen molar-refractivity contribution in [2.45, 2.75) is 39.7 Å². The van der Waals surface area contributed by atoms with Crippen LogP contribution < -0.4 is 11.1 Å². The summed E-state index contributed by atoms with van der Waals surface area (Å²) in [5, 5.41) is 2.93. The fraction of sp³-hybridized carbons (Fsp3) is 0.462. The summed E-state index contributed by atoms with van der Waals surface area (Å²) in [6.45, 7) is 5.72. The second-order valence-electron chi connectivity index (χ2n) is 4.33. The van der Waals surface area contributed by atoms with Gasteiger partial charge in [0.05, 0.1) is 16.2 Å². The van der Waals surface area contributed by atoms with E-state index in [4.69, 9.17) is 18.0 Å². The summed E-state index contributed by atoms with van der Waals surface area (Å²) >= 11 is 4.86. The van der Waals surface area contributed by atoms with Crippen molar-refractivity contribution in [2.24, 2.45) is 5.73 Å². The Kier molecular flexibility index (Phi) is 5.22. The van der Waals surface area contributed by atoms with Gasteiger partial charge in [0.25, 0.3) is 5.91 Å². The molecule has 3 N–H and O–H groups in total. The highest BCUT2D eigenvalue weighted by atomic mass is 32.1. The molecule has 18 heavy (non-hydrogen) atoms. The fourth-order valence-electron chi connectivity index (χ4n) is 1.73. The van der Waals surface area contributed by atoms with Gasteiger partial charge in [-0.3, -0.25) is 9.78 Å². The van der Waals surface area contributed by atoms with Crippen molar-refractivity contribution in [1.29, 1.82) is 0 Å². The first-order valence-electron chi connectivity index (χ1n) is 5.97. The van der Waals surface area contributed by atoms with E-state index in [1.807, 2.05) is 26.8 Å². The molecule has 0 aliphatic heterocycles. The first-order valence-corrected chi connectivity index (χ1v) is 6.38. The van der Waals surface area contributed by atoms with Crippen LogP contribution in [0.25, 0.3) is 0 Å². The Morgan fingerprint density at radius 1 is 1.50 bits per heavy atom. The number of aryl methyl sites for hydroxylation is 2. The number of nitrogens with two attached hydrogens (primary N) is 1. The van der Waals surface area contributed by atoms with Crippen LogP contribution in [0.3, 0.4) is 0 Å². The molecule has 4 nitrogen and oxygen atoms in total. The van der Waals surface area contributed by atoms with Crippen molar-refractivity contribution >= 4 is 23.1 Å². The summed E-state index contributed by atoms with van der Waals surface area (Å²) in [4.78, 5) is 16.8. The Morgan fingerprint density at radius 3 is 2.67 bits per heavy atom. The van der Waals surface area contributed by atoms with Crippen LogP contribution in [0.15, 0.2) is 12.1 Å². The average molecular weight is 265 g/mol. The van der Waals surface area contributed by atoms with Gasteiger partial charge in [0.15, 0.2) is 0 Å². The van der Waals surface area contributed by atoms with Gasteiger partial charge in [-0.05, 0) is 32.4 Å².